The minimum absolute atomic E-state index is 0.333. The molecule has 6 heteroatoms. The zero-order chi connectivity index (χ0) is 29.3. The van der Waals surface area contributed by atoms with Crippen LogP contribution in [-0.4, -0.2) is 42.8 Å². The van der Waals surface area contributed by atoms with E-state index in [-0.39, 0.29) is 0 Å². The summed E-state index contributed by atoms with van der Waals surface area (Å²) >= 11 is 0. The molecule has 4 aromatic carbocycles. The Bertz CT molecular complexity index is 1840. The first kappa shape index (κ1) is 27.1. The molecule has 0 spiro atoms. The van der Waals surface area contributed by atoms with Crippen molar-refractivity contribution >= 4 is 11.0 Å². The lowest BCUT2D eigenvalue weighted by Gasteiger charge is -2.22. The summed E-state index contributed by atoms with van der Waals surface area (Å²) in [4.78, 5) is 22.3. The molecule has 0 radical (unpaired) electrons. The van der Waals surface area contributed by atoms with Gasteiger partial charge < -0.3 is 9.97 Å². The summed E-state index contributed by atoms with van der Waals surface area (Å²) in [5.74, 6) is 2.16. The highest BCUT2D eigenvalue weighted by Gasteiger charge is 2.29. The smallest absolute Gasteiger partial charge is 0.124 e. The molecule has 6 aromatic rings. The number of aromatic amines is 2. The van der Waals surface area contributed by atoms with Crippen LogP contribution in [0.3, 0.4) is 0 Å². The van der Waals surface area contributed by atoms with E-state index in [0.717, 1.165) is 73.0 Å². The average molecular weight is 579 g/mol. The average Bonchev–Trinajstić information content (AvgIpc) is 3.89. The molecule has 2 saturated heterocycles. The second-order valence-corrected chi connectivity index (χ2v) is 12.3. The lowest BCUT2D eigenvalue weighted by molar-refractivity contribution is 0.241. The van der Waals surface area contributed by atoms with E-state index in [9.17, 15) is 0 Å². The van der Waals surface area contributed by atoms with Crippen LogP contribution < -0.4 is 0 Å². The van der Waals surface area contributed by atoms with E-state index in [1.807, 2.05) is 6.20 Å². The first-order chi connectivity index (χ1) is 21.8. The van der Waals surface area contributed by atoms with Crippen LogP contribution in [0.5, 0.6) is 0 Å². The largest absolute Gasteiger partial charge is 0.341 e. The van der Waals surface area contributed by atoms with Crippen LogP contribution in [-0.2, 0) is 13.1 Å². The van der Waals surface area contributed by atoms with Gasteiger partial charge in [0.25, 0.3) is 0 Å². The predicted molar refractivity (Wildman–Crippen MR) is 177 cm³/mol. The Morgan fingerprint density at radius 2 is 1.20 bits per heavy atom. The van der Waals surface area contributed by atoms with Gasteiger partial charge in [-0.25, -0.2) is 9.97 Å². The molecule has 2 aromatic heterocycles. The van der Waals surface area contributed by atoms with Crippen LogP contribution in [0.15, 0.2) is 109 Å². The number of nitrogens with one attached hydrogen (secondary N) is 2. The highest BCUT2D eigenvalue weighted by molar-refractivity contribution is 5.82. The number of likely N-dealkylation sites (tertiary alicyclic amines) is 2. The third kappa shape index (κ3) is 5.47. The van der Waals surface area contributed by atoms with Crippen LogP contribution in [0, 0.1) is 0 Å². The zero-order valence-corrected chi connectivity index (χ0v) is 25.0. The standard InChI is InChI=1S/C38H38N6/c1-3-9-27(10-4-1)25-43-21-7-13-35(43)37-39-24-34(42-37)30-17-15-29(16-18-30)31-19-20-32-33(23-31)41-38(40-32)36-14-8-22-44(36)26-28-11-5-2-6-12-28/h1-6,9-12,15-20,23-24,35-36H,7-8,13-14,21-22,25-26H2,(H,39,42)(H,40,41)/t35-,36-/m0/s1. The SMILES string of the molecule is c1ccc(CN2CCC[C@H]2c2ncc(-c3ccc(-c4ccc5nc([C@@H]6CCCN6Cc6ccccc6)[nH]c5c4)cc3)[nH]2)cc1. The van der Waals surface area contributed by atoms with Crippen molar-refractivity contribution in [2.45, 2.75) is 50.9 Å². The molecule has 2 aliphatic heterocycles. The molecular formula is C38H38N6. The Balaban J connectivity index is 0.973. The Morgan fingerprint density at radius 3 is 1.86 bits per heavy atom. The molecule has 0 amide bonds. The van der Waals surface area contributed by atoms with Gasteiger partial charge >= 0.3 is 0 Å². The van der Waals surface area contributed by atoms with Crippen molar-refractivity contribution in [3.05, 3.63) is 132 Å². The summed E-state index contributed by atoms with van der Waals surface area (Å²) in [5.41, 5.74) is 9.47. The van der Waals surface area contributed by atoms with Crippen LogP contribution >= 0.6 is 0 Å². The van der Waals surface area contributed by atoms with Gasteiger partial charge in [-0.2, -0.15) is 0 Å². The summed E-state index contributed by atoms with van der Waals surface area (Å²) in [6.45, 7) is 4.15. The van der Waals surface area contributed by atoms with Gasteiger partial charge in [0.2, 0.25) is 0 Å². The van der Waals surface area contributed by atoms with Gasteiger partial charge in [-0.05, 0) is 78.7 Å². The third-order valence-corrected chi connectivity index (χ3v) is 9.44. The molecule has 2 fully saturated rings. The number of imidazole rings is 2. The third-order valence-electron chi connectivity index (χ3n) is 9.44. The predicted octanol–water partition coefficient (Wildman–Crippen LogP) is 8.29. The van der Waals surface area contributed by atoms with Gasteiger partial charge in [0.15, 0.2) is 0 Å². The fourth-order valence-electron chi connectivity index (χ4n) is 7.15. The number of aromatic nitrogens is 4. The molecule has 4 heterocycles. The molecule has 2 N–H and O–H groups in total. The molecule has 2 aliphatic rings. The number of hydrogen-bond acceptors (Lipinski definition) is 4. The van der Waals surface area contributed by atoms with E-state index >= 15 is 0 Å². The zero-order valence-electron chi connectivity index (χ0n) is 25.0. The Morgan fingerprint density at radius 1 is 0.614 bits per heavy atom. The van der Waals surface area contributed by atoms with Crippen molar-refractivity contribution < 1.29 is 0 Å². The van der Waals surface area contributed by atoms with Gasteiger partial charge in [-0.1, -0.05) is 91.0 Å². The van der Waals surface area contributed by atoms with Crippen LogP contribution in [0.2, 0.25) is 0 Å². The molecule has 0 saturated carbocycles. The molecular weight excluding hydrogens is 540 g/mol. The van der Waals surface area contributed by atoms with E-state index in [2.05, 4.69) is 123 Å². The minimum Gasteiger partial charge on any atom is -0.341 e. The first-order valence-electron chi connectivity index (χ1n) is 16.0. The van der Waals surface area contributed by atoms with Crippen molar-refractivity contribution in [3.8, 4) is 22.4 Å². The second kappa shape index (κ2) is 11.9. The number of benzene rings is 4. The molecule has 2 atom stereocenters. The fourth-order valence-corrected chi connectivity index (χ4v) is 7.15. The van der Waals surface area contributed by atoms with Gasteiger partial charge in [-0.3, -0.25) is 9.80 Å². The second-order valence-electron chi connectivity index (χ2n) is 12.3. The lowest BCUT2D eigenvalue weighted by Crippen LogP contribution is -2.23. The monoisotopic (exact) mass is 578 g/mol. The number of nitrogens with zero attached hydrogens (tertiary/aromatic N) is 4. The maximum absolute atomic E-state index is 5.03. The van der Waals surface area contributed by atoms with Crippen molar-refractivity contribution in [1.82, 2.24) is 29.7 Å². The van der Waals surface area contributed by atoms with Crippen molar-refractivity contribution in [2.24, 2.45) is 0 Å². The summed E-state index contributed by atoms with van der Waals surface area (Å²) in [5, 5.41) is 0. The quantitative estimate of drug-likeness (QED) is 0.191. The fraction of sp³-hybridized carbons (Fsp3) is 0.263. The summed E-state index contributed by atoms with van der Waals surface area (Å²) in [6, 6.07) is 37.6. The van der Waals surface area contributed by atoms with E-state index < -0.39 is 0 Å². The number of hydrogen-bond donors (Lipinski definition) is 2. The highest BCUT2D eigenvalue weighted by Crippen LogP contribution is 2.35. The topological polar surface area (TPSA) is 63.8 Å². The Labute approximate surface area is 258 Å². The molecule has 6 nitrogen and oxygen atoms in total. The molecule has 0 unspecified atom stereocenters. The first-order valence-corrected chi connectivity index (χ1v) is 16.0. The van der Waals surface area contributed by atoms with Crippen molar-refractivity contribution in [2.75, 3.05) is 13.1 Å². The number of H-pyrrole nitrogens is 2. The maximum Gasteiger partial charge on any atom is 0.124 e. The number of fused-ring (bicyclic) bond motifs is 1. The number of rotatable bonds is 8. The van der Waals surface area contributed by atoms with E-state index in [1.165, 1.54) is 35.1 Å². The normalized spacial score (nSPS) is 19.3. The van der Waals surface area contributed by atoms with Crippen molar-refractivity contribution in [3.63, 3.8) is 0 Å². The molecule has 220 valence electrons. The molecule has 0 bridgehead atoms. The van der Waals surface area contributed by atoms with Gasteiger partial charge in [-0.15, -0.1) is 0 Å². The molecule has 44 heavy (non-hydrogen) atoms. The maximum atomic E-state index is 5.03. The minimum atomic E-state index is 0.333. The van der Waals surface area contributed by atoms with Crippen molar-refractivity contribution in [1.29, 1.82) is 0 Å². The van der Waals surface area contributed by atoms with E-state index in [4.69, 9.17) is 9.97 Å². The van der Waals surface area contributed by atoms with Gasteiger partial charge in [0.05, 0.1) is 35.0 Å². The Kier molecular flexibility index (Phi) is 7.30. The van der Waals surface area contributed by atoms with Gasteiger partial charge in [0.1, 0.15) is 11.6 Å². The van der Waals surface area contributed by atoms with Crippen LogP contribution in [0.25, 0.3) is 33.4 Å². The van der Waals surface area contributed by atoms with Crippen LogP contribution in [0.1, 0.15) is 60.5 Å². The summed E-state index contributed by atoms with van der Waals surface area (Å²) < 4.78 is 0. The molecule has 8 rings (SSSR count). The summed E-state index contributed by atoms with van der Waals surface area (Å²) in [6.07, 6.45) is 6.68. The van der Waals surface area contributed by atoms with Gasteiger partial charge in [0, 0.05) is 13.1 Å². The van der Waals surface area contributed by atoms with E-state index in [0.29, 0.717) is 12.1 Å². The lowest BCUT2D eigenvalue weighted by atomic mass is 10.0. The highest BCUT2D eigenvalue weighted by atomic mass is 15.2. The van der Waals surface area contributed by atoms with Crippen LogP contribution in [0.4, 0.5) is 0 Å². The Hall–Kier alpha value is -4.52. The summed E-state index contributed by atoms with van der Waals surface area (Å²) in [7, 11) is 0. The van der Waals surface area contributed by atoms with E-state index in [1.54, 1.807) is 0 Å². The molecule has 0 aliphatic carbocycles.